The Balaban J connectivity index is 1.78. The number of likely N-dealkylation sites (tertiary alicyclic amines) is 1. The van der Waals surface area contributed by atoms with Gasteiger partial charge in [0, 0.05) is 13.1 Å². The number of nitrogens with two attached hydrogens (primary N) is 1. The summed E-state index contributed by atoms with van der Waals surface area (Å²) in [7, 11) is 0. The van der Waals surface area contributed by atoms with Gasteiger partial charge < -0.3 is 10.6 Å². The van der Waals surface area contributed by atoms with Gasteiger partial charge in [0.1, 0.15) is 0 Å². The third-order valence-corrected chi connectivity index (χ3v) is 4.18. The second-order valence-electron chi connectivity index (χ2n) is 5.51. The first-order chi connectivity index (χ1) is 7.38. The predicted molar refractivity (Wildman–Crippen MR) is 64.8 cm³/mol. The average molecular weight is 210 g/mol. The minimum Gasteiger partial charge on any atom is -0.330 e. The molecule has 2 N–H and O–H groups in total. The highest BCUT2D eigenvalue weighted by Gasteiger charge is 2.22. The van der Waals surface area contributed by atoms with Crippen LogP contribution in [0.2, 0.25) is 0 Å². The fourth-order valence-corrected chi connectivity index (χ4v) is 3.23. The molecule has 0 amide bonds. The quantitative estimate of drug-likeness (QED) is 0.774. The van der Waals surface area contributed by atoms with Crippen molar-refractivity contribution in [2.24, 2.45) is 17.6 Å². The van der Waals surface area contributed by atoms with Gasteiger partial charge in [-0.15, -0.1) is 0 Å². The van der Waals surface area contributed by atoms with E-state index in [1.165, 1.54) is 64.6 Å². The predicted octanol–water partition coefficient (Wildman–Crippen LogP) is 2.24. The minimum atomic E-state index is 0.772. The molecule has 15 heavy (non-hydrogen) atoms. The van der Waals surface area contributed by atoms with Gasteiger partial charge >= 0.3 is 0 Å². The van der Waals surface area contributed by atoms with Gasteiger partial charge in [0.15, 0.2) is 0 Å². The molecule has 1 aliphatic carbocycles. The topological polar surface area (TPSA) is 29.3 Å². The minimum absolute atomic E-state index is 0.772. The van der Waals surface area contributed by atoms with Crippen LogP contribution in [0.1, 0.15) is 44.9 Å². The summed E-state index contributed by atoms with van der Waals surface area (Å²) in [6, 6.07) is 0. The van der Waals surface area contributed by atoms with E-state index in [0.29, 0.717) is 0 Å². The lowest BCUT2D eigenvalue weighted by atomic mass is 10.0. The highest BCUT2D eigenvalue weighted by Crippen LogP contribution is 2.26. The van der Waals surface area contributed by atoms with Crippen molar-refractivity contribution < 1.29 is 0 Å². The molecule has 1 atom stereocenters. The molecule has 0 aromatic heterocycles. The SMILES string of the molecule is NCC1CCCCN(CC2CCCC2)C1. The zero-order chi connectivity index (χ0) is 10.5. The first-order valence-corrected chi connectivity index (χ1v) is 6.81. The normalized spacial score (nSPS) is 30.6. The molecule has 1 saturated heterocycles. The molecule has 2 nitrogen and oxygen atoms in total. The summed E-state index contributed by atoms with van der Waals surface area (Å²) in [5, 5.41) is 0. The lowest BCUT2D eigenvalue weighted by Crippen LogP contribution is -2.34. The molecule has 2 heteroatoms. The Bertz CT molecular complexity index is 175. The number of hydrogen-bond acceptors (Lipinski definition) is 2. The van der Waals surface area contributed by atoms with Crippen molar-refractivity contribution in [3.63, 3.8) is 0 Å². The van der Waals surface area contributed by atoms with Gasteiger partial charge in [0.05, 0.1) is 0 Å². The maximum Gasteiger partial charge on any atom is 0.00218 e. The summed E-state index contributed by atoms with van der Waals surface area (Å²) in [5.74, 6) is 1.77. The standard InChI is InChI=1S/C13H26N2/c14-9-13-7-3-4-8-15(11-13)10-12-5-1-2-6-12/h12-13H,1-11,14H2. The molecule has 2 aliphatic rings. The molecule has 2 fully saturated rings. The van der Waals surface area contributed by atoms with Crippen LogP contribution in [0.3, 0.4) is 0 Å². The van der Waals surface area contributed by atoms with E-state index in [4.69, 9.17) is 5.73 Å². The van der Waals surface area contributed by atoms with Crippen LogP contribution in [0.4, 0.5) is 0 Å². The van der Waals surface area contributed by atoms with Crippen LogP contribution in [-0.2, 0) is 0 Å². The van der Waals surface area contributed by atoms with Gasteiger partial charge in [0.25, 0.3) is 0 Å². The van der Waals surface area contributed by atoms with Crippen molar-refractivity contribution in [3.8, 4) is 0 Å². The molecule has 0 spiro atoms. The molecule has 0 aromatic carbocycles. The Morgan fingerprint density at radius 2 is 1.60 bits per heavy atom. The van der Waals surface area contributed by atoms with Gasteiger partial charge in [0.2, 0.25) is 0 Å². The van der Waals surface area contributed by atoms with E-state index in [1.54, 1.807) is 0 Å². The monoisotopic (exact) mass is 210 g/mol. The van der Waals surface area contributed by atoms with Gasteiger partial charge in [-0.25, -0.2) is 0 Å². The third kappa shape index (κ3) is 3.46. The van der Waals surface area contributed by atoms with Gasteiger partial charge in [-0.05, 0) is 50.6 Å². The summed E-state index contributed by atoms with van der Waals surface area (Å²) >= 11 is 0. The fraction of sp³-hybridized carbons (Fsp3) is 1.00. The van der Waals surface area contributed by atoms with Crippen LogP contribution in [-0.4, -0.2) is 31.1 Å². The number of nitrogens with zero attached hydrogens (tertiary/aromatic N) is 1. The largest absolute Gasteiger partial charge is 0.330 e. The van der Waals surface area contributed by atoms with Crippen molar-refractivity contribution in [2.75, 3.05) is 26.2 Å². The van der Waals surface area contributed by atoms with Crippen LogP contribution in [0, 0.1) is 11.8 Å². The first kappa shape index (κ1) is 11.4. The summed E-state index contributed by atoms with van der Waals surface area (Å²) in [6.07, 6.45) is 10.0. The Hall–Kier alpha value is -0.0800. The van der Waals surface area contributed by atoms with E-state index in [0.717, 1.165) is 18.4 Å². The van der Waals surface area contributed by atoms with E-state index in [2.05, 4.69) is 4.90 Å². The molecule has 2 rings (SSSR count). The van der Waals surface area contributed by atoms with E-state index in [-0.39, 0.29) is 0 Å². The highest BCUT2D eigenvalue weighted by molar-refractivity contribution is 4.76. The molecule has 1 saturated carbocycles. The van der Waals surface area contributed by atoms with E-state index < -0.39 is 0 Å². The van der Waals surface area contributed by atoms with Crippen molar-refractivity contribution >= 4 is 0 Å². The third-order valence-electron chi connectivity index (χ3n) is 4.18. The zero-order valence-electron chi connectivity index (χ0n) is 9.96. The van der Waals surface area contributed by atoms with Crippen LogP contribution in [0.5, 0.6) is 0 Å². The molecular weight excluding hydrogens is 184 g/mol. The molecule has 1 heterocycles. The summed E-state index contributed by atoms with van der Waals surface area (Å²) in [6.45, 7) is 4.84. The maximum absolute atomic E-state index is 5.82. The Morgan fingerprint density at radius 1 is 0.933 bits per heavy atom. The van der Waals surface area contributed by atoms with Crippen molar-refractivity contribution in [1.29, 1.82) is 0 Å². The van der Waals surface area contributed by atoms with Gasteiger partial charge in [-0.3, -0.25) is 0 Å². The summed E-state index contributed by atoms with van der Waals surface area (Å²) in [5.41, 5.74) is 5.82. The molecule has 1 aliphatic heterocycles. The molecule has 0 bridgehead atoms. The number of rotatable bonds is 3. The average Bonchev–Trinajstić information content (AvgIpc) is 2.64. The van der Waals surface area contributed by atoms with Crippen LogP contribution in [0.15, 0.2) is 0 Å². The van der Waals surface area contributed by atoms with E-state index in [9.17, 15) is 0 Å². The van der Waals surface area contributed by atoms with Crippen LogP contribution < -0.4 is 5.73 Å². The highest BCUT2D eigenvalue weighted by atomic mass is 15.1. The lowest BCUT2D eigenvalue weighted by Gasteiger charge is -2.26. The Morgan fingerprint density at radius 3 is 2.33 bits per heavy atom. The first-order valence-electron chi connectivity index (χ1n) is 6.81. The summed E-state index contributed by atoms with van der Waals surface area (Å²) < 4.78 is 0. The molecule has 88 valence electrons. The van der Waals surface area contributed by atoms with Gasteiger partial charge in [-0.2, -0.15) is 0 Å². The smallest absolute Gasteiger partial charge is 0.00218 e. The Labute approximate surface area is 94.2 Å². The molecular formula is C13H26N2. The van der Waals surface area contributed by atoms with Crippen molar-refractivity contribution in [2.45, 2.75) is 44.9 Å². The maximum atomic E-state index is 5.82. The molecule has 0 radical (unpaired) electrons. The van der Waals surface area contributed by atoms with Crippen molar-refractivity contribution in [1.82, 2.24) is 4.90 Å². The second-order valence-corrected chi connectivity index (χ2v) is 5.51. The van der Waals surface area contributed by atoms with E-state index in [1.807, 2.05) is 0 Å². The van der Waals surface area contributed by atoms with Crippen molar-refractivity contribution in [3.05, 3.63) is 0 Å². The van der Waals surface area contributed by atoms with Gasteiger partial charge in [-0.1, -0.05) is 19.3 Å². The summed E-state index contributed by atoms with van der Waals surface area (Å²) in [4.78, 5) is 2.69. The fourth-order valence-electron chi connectivity index (χ4n) is 3.23. The van der Waals surface area contributed by atoms with Crippen LogP contribution >= 0.6 is 0 Å². The molecule has 1 unspecified atom stereocenters. The van der Waals surface area contributed by atoms with E-state index >= 15 is 0 Å². The number of hydrogen-bond donors (Lipinski definition) is 1. The molecule has 0 aromatic rings. The zero-order valence-corrected chi connectivity index (χ0v) is 9.96. The Kier molecular flexibility index (Phi) is 4.45. The second kappa shape index (κ2) is 5.86. The lowest BCUT2D eigenvalue weighted by molar-refractivity contribution is 0.215. The van der Waals surface area contributed by atoms with Crippen LogP contribution in [0.25, 0.3) is 0 Å².